The normalized spacial score (nSPS) is 10.5. The van der Waals surface area contributed by atoms with Crippen molar-refractivity contribution in [3.8, 4) is 22.6 Å². The highest BCUT2D eigenvalue weighted by atomic mass is 35.5. The van der Waals surface area contributed by atoms with Gasteiger partial charge in [-0.25, -0.2) is 0 Å². The number of aromatic nitrogens is 2. The molecule has 8 heteroatoms. The second kappa shape index (κ2) is 9.89. The van der Waals surface area contributed by atoms with Crippen LogP contribution in [0.3, 0.4) is 0 Å². The van der Waals surface area contributed by atoms with Crippen molar-refractivity contribution in [2.75, 3.05) is 6.54 Å². The van der Waals surface area contributed by atoms with Crippen LogP contribution in [0.1, 0.15) is 16.2 Å². The predicted octanol–water partition coefficient (Wildman–Crippen LogP) is 4.53. The van der Waals surface area contributed by atoms with Crippen molar-refractivity contribution in [2.24, 2.45) is 0 Å². The summed E-state index contributed by atoms with van der Waals surface area (Å²) in [5, 5.41) is 10.9. The van der Waals surface area contributed by atoms with E-state index < -0.39 is 5.97 Å². The zero-order valence-electron chi connectivity index (χ0n) is 16.8. The number of ether oxygens (including phenoxy) is 1. The van der Waals surface area contributed by atoms with Crippen molar-refractivity contribution >= 4 is 23.5 Å². The number of rotatable bonds is 7. The van der Waals surface area contributed by atoms with Gasteiger partial charge in [0.05, 0.1) is 0 Å². The van der Waals surface area contributed by atoms with Crippen LogP contribution in [-0.2, 0) is 16.1 Å². The summed E-state index contributed by atoms with van der Waals surface area (Å²) in [5.74, 6) is -0.555. The van der Waals surface area contributed by atoms with Crippen molar-refractivity contribution in [1.29, 1.82) is 0 Å². The van der Waals surface area contributed by atoms with Gasteiger partial charge in [-0.05, 0) is 47.5 Å². The Morgan fingerprint density at radius 2 is 1.50 bits per heavy atom. The van der Waals surface area contributed by atoms with Crippen LogP contribution in [0.25, 0.3) is 22.6 Å². The average molecular weight is 448 g/mol. The van der Waals surface area contributed by atoms with Crippen LogP contribution in [0.4, 0.5) is 0 Å². The Hall–Kier alpha value is -3.97. The third-order valence-corrected chi connectivity index (χ3v) is 4.81. The SMILES string of the molecule is O=C(CNC(=O)c1ccc(-c2ccccc2)cc1)OCc1nnc(-c2ccc(Cl)cc2)o1. The Balaban J connectivity index is 1.25. The maximum Gasteiger partial charge on any atom is 0.325 e. The summed E-state index contributed by atoms with van der Waals surface area (Å²) in [6, 6.07) is 23.9. The molecule has 0 aliphatic carbocycles. The standard InChI is InChI=1S/C24H18ClN3O4/c25-20-12-10-19(11-13-20)24-28-27-21(32-24)15-31-22(29)14-26-23(30)18-8-6-17(7-9-18)16-4-2-1-3-5-16/h1-13H,14-15H2,(H,26,30). The molecule has 4 rings (SSSR count). The first-order valence-corrected chi connectivity index (χ1v) is 10.1. The number of halogens is 1. The molecule has 7 nitrogen and oxygen atoms in total. The maximum absolute atomic E-state index is 12.3. The number of carbonyl (C=O) groups excluding carboxylic acids is 2. The topological polar surface area (TPSA) is 94.3 Å². The molecule has 0 atom stereocenters. The van der Waals surface area contributed by atoms with Crippen LogP contribution < -0.4 is 5.32 Å². The third-order valence-electron chi connectivity index (χ3n) is 4.56. The van der Waals surface area contributed by atoms with Crippen LogP contribution in [0.2, 0.25) is 5.02 Å². The monoisotopic (exact) mass is 447 g/mol. The molecule has 3 aromatic carbocycles. The Morgan fingerprint density at radius 1 is 0.844 bits per heavy atom. The fourth-order valence-corrected chi connectivity index (χ4v) is 3.04. The summed E-state index contributed by atoms with van der Waals surface area (Å²) in [4.78, 5) is 24.3. The van der Waals surface area contributed by atoms with Crippen molar-refractivity contribution < 1.29 is 18.7 Å². The van der Waals surface area contributed by atoms with Gasteiger partial charge in [-0.2, -0.15) is 0 Å². The van der Waals surface area contributed by atoms with Crippen LogP contribution >= 0.6 is 11.6 Å². The molecule has 0 aliphatic heterocycles. The molecule has 0 radical (unpaired) electrons. The van der Waals surface area contributed by atoms with Gasteiger partial charge < -0.3 is 14.5 Å². The van der Waals surface area contributed by atoms with E-state index in [1.54, 1.807) is 36.4 Å². The van der Waals surface area contributed by atoms with E-state index in [0.29, 0.717) is 22.0 Å². The molecule has 1 heterocycles. The van der Waals surface area contributed by atoms with E-state index in [0.717, 1.165) is 11.1 Å². The number of hydrogen-bond acceptors (Lipinski definition) is 6. The Bertz CT molecular complexity index is 1210. The molecule has 0 saturated heterocycles. The minimum Gasteiger partial charge on any atom is -0.454 e. The zero-order valence-corrected chi connectivity index (χ0v) is 17.6. The zero-order chi connectivity index (χ0) is 22.3. The summed E-state index contributed by atoms with van der Waals surface area (Å²) >= 11 is 5.86. The molecule has 32 heavy (non-hydrogen) atoms. The van der Waals surface area contributed by atoms with Gasteiger partial charge in [-0.3, -0.25) is 9.59 Å². The lowest BCUT2D eigenvalue weighted by atomic mass is 10.0. The quantitative estimate of drug-likeness (QED) is 0.418. The largest absolute Gasteiger partial charge is 0.454 e. The molecule has 0 unspecified atom stereocenters. The number of benzene rings is 3. The summed E-state index contributed by atoms with van der Waals surface area (Å²) in [5.41, 5.74) is 3.20. The van der Waals surface area contributed by atoms with Gasteiger partial charge in [0.1, 0.15) is 6.54 Å². The summed E-state index contributed by atoms with van der Waals surface area (Å²) in [7, 11) is 0. The van der Waals surface area contributed by atoms with Gasteiger partial charge in [-0.15, -0.1) is 10.2 Å². The molecule has 0 spiro atoms. The van der Waals surface area contributed by atoms with Gasteiger partial charge in [0.2, 0.25) is 5.89 Å². The van der Waals surface area contributed by atoms with Gasteiger partial charge in [0.15, 0.2) is 6.61 Å². The van der Waals surface area contributed by atoms with Gasteiger partial charge in [0.25, 0.3) is 11.8 Å². The number of nitrogens with one attached hydrogen (secondary N) is 1. The van der Waals surface area contributed by atoms with E-state index in [1.807, 2.05) is 42.5 Å². The van der Waals surface area contributed by atoms with Crippen molar-refractivity contribution in [2.45, 2.75) is 6.61 Å². The van der Waals surface area contributed by atoms with Crippen molar-refractivity contribution in [3.05, 3.63) is 95.3 Å². The molecule has 0 fully saturated rings. The van der Waals surface area contributed by atoms with E-state index in [9.17, 15) is 9.59 Å². The number of amides is 1. The van der Waals surface area contributed by atoms with E-state index in [4.69, 9.17) is 20.8 Å². The Morgan fingerprint density at radius 3 is 2.22 bits per heavy atom. The molecule has 0 bridgehead atoms. The van der Waals surface area contributed by atoms with E-state index in [2.05, 4.69) is 15.5 Å². The Labute approximate surface area is 189 Å². The first-order chi connectivity index (χ1) is 15.6. The van der Waals surface area contributed by atoms with Gasteiger partial charge in [0, 0.05) is 16.1 Å². The van der Waals surface area contributed by atoms with Crippen LogP contribution in [0.5, 0.6) is 0 Å². The molecule has 0 aliphatic rings. The number of hydrogen-bond donors (Lipinski definition) is 1. The number of carbonyl (C=O) groups is 2. The highest BCUT2D eigenvalue weighted by Crippen LogP contribution is 2.21. The smallest absolute Gasteiger partial charge is 0.325 e. The molecule has 1 N–H and O–H groups in total. The van der Waals surface area contributed by atoms with E-state index >= 15 is 0 Å². The van der Waals surface area contributed by atoms with Crippen LogP contribution in [-0.4, -0.2) is 28.6 Å². The molecule has 4 aromatic rings. The van der Waals surface area contributed by atoms with E-state index in [1.165, 1.54) is 0 Å². The lowest BCUT2D eigenvalue weighted by molar-refractivity contribution is -0.144. The highest BCUT2D eigenvalue weighted by molar-refractivity contribution is 6.30. The van der Waals surface area contributed by atoms with Crippen molar-refractivity contribution in [3.63, 3.8) is 0 Å². The van der Waals surface area contributed by atoms with Crippen LogP contribution in [0, 0.1) is 0 Å². The second-order valence-electron chi connectivity index (χ2n) is 6.79. The van der Waals surface area contributed by atoms with Gasteiger partial charge in [-0.1, -0.05) is 54.1 Å². The minimum atomic E-state index is -0.620. The number of nitrogens with zero attached hydrogens (tertiary/aromatic N) is 2. The minimum absolute atomic E-state index is 0.145. The molecule has 1 aromatic heterocycles. The lowest BCUT2D eigenvalue weighted by Crippen LogP contribution is -2.30. The Kier molecular flexibility index (Phi) is 6.57. The first kappa shape index (κ1) is 21.3. The van der Waals surface area contributed by atoms with Gasteiger partial charge >= 0.3 is 5.97 Å². The van der Waals surface area contributed by atoms with Crippen LogP contribution in [0.15, 0.2) is 83.3 Å². The lowest BCUT2D eigenvalue weighted by Gasteiger charge is -2.06. The molecule has 160 valence electrons. The predicted molar refractivity (Wildman–Crippen MR) is 119 cm³/mol. The molecular formula is C24H18ClN3O4. The highest BCUT2D eigenvalue weighted by Gasteiger charge is 2.13. The molecular weight excluding hydrogens is 430 g/mol. The third kappa shape index (κ3) is 5.39. The molecule has 1 amide bonds. The number of esters is 1. The van der Waals surface area contributed by atoms with Crippen molar-refractivity contribution in [1.82, 2.24) is 15.5 Å². The fraction of sp³-hybridized carbons (Fsp3) is 0.0833. The second-order valence-corrected chi connectivity index (χ2v) is 7.23. The summed E-state index contributed by atoms with van der Waals surface area (Å²) < 4.78 is 10.6. The van der Waals surface area contributed by atoms with E-state index in [-0.39, 0.29) is 24.9 Å². The average Bonchev–Trinajstić information content (AvgIpc) is 3.31. The fourth-order valence-electron chi connectivity index (χ4n) is 2.91. The summed E-state index contributed by atoms with van der Waals surface area (Å²) in [6.07, 6.45) is 0. The molecule has 0 saturated carbocycles. The summed E-state index contributed by atoms with van der Waals surface area (Å²) in [6.45, 7) is -0.474. The maximum atomic E-state index is 12.3. The first-order valence-electron chi connectivity index (χ1n) is 9.76.